The van der Waals surface area contributed by atoms with E-state index in [1.165, 1.54) is 24.0 Å². The van der Waals surface area contributed by atoms with Gasteiger partial charge in [-0.05, 0) is 17.0 Å². The smallest absolute Gasteiger partial charge is 0.191 e. The largest absolute Gasteiger partial charge is 0.379 e. The summed E-state index contributed by atoms with van der Waals surface area (Å²) in [6.45, 7) is 10.6. The molecule has 9 heteroatoms. The fourth-order valence-electron chi connectivity index (χ4n) is 4.28. The van der Waals surface area contributed by atoms with Crippen LogP contribution in [0.2, 0.25) is 0 Å². The highest BCUT2D eigenvalue weighted by atomic mass is 127. The van der Waals surface area contributed by atoms with Gasteiger partial charge in [0.05, 0.1) is 19.8 Å². The second-order valence-corrected chi connectivity index (χ2v) is 8.01. The third kappa shape index (κ3) is 8.00. The third-order valence-electron chi connectivity index (χ3n) is 6.07. The number of morpholine rings is 1. The number of aromatic nitrogens is 3. The minimum atomic E-state index is 0. The Kier molecular flexibility index (Phi) is 12.0. The van der Waals surface area contributed by atoms with Crippen LogP contribution in [0.3, 0.4) is 0 Å². The molecule has 32 heavy (non-hydrogen) atoms. The number of ether oxygens (including phenoxy) is 1. The Morgan fingerprint density at radius 3 is 2.56 bits per heavy atom. The maximum absolute atomic E-state index is 5.57. The number of hydrogen-bond acceptors (Lipinski definition) is 5. The van der Waals surface area contributed by atoms with E-state index in [4.69, 9.17) is 4.74 Å². The monoisotopic (exact) mass is 555 g/mol. The van der Waals surface area contributed by atoms with Crippen molar-refractivity contribution in [3.8, 4) is 0 Å². The van der Waals surface area contributed by atoms with E-state index in [2.05, 4.69) is 68.7 Å². The van der Waals surface area contributed by atoms with Crippen molar-refractivity contribution in [1.82, 2.24) is 30.3 Å². The van der Waals surface area contributed by atoms with Gasteiger partial charge in [-0.1, -0.05) is 51.0 Å². The first-order chi connectivity index (χ1) is 15.2. The van der Waals surface area contributed by atoms with Crippen LogP contribution in [0, 0.1) is 5.92 Å². The molecule has 178 valence electrons. The summed E-state index contributed by atoms with van der Waals surface area (Å²) in [5.41, 5.74) is 2.42. The lowest BCUT2D eigenvalue weighted by Crippen LogP contribution is -2.53. The Bertz CT molecular complexity index is 789. The van der Waals surface area contributed by atoms with E-state index in [0.717, 1.165) is 51.9 Å². The summed E-state index contributed by atoms with van der Waals surface area (Å²) >= 11 is 0. The van der Waals surface area contributed by atoms with E-state index in [-0.39, 0.29) is 24.0 Å². The maximum Gasteiger partial charge on any atom is 0.191 e. The number of nitrogens with one attached hydrogen (secondary N) is 2. The van der Waals surface area contributed by atoms with E-state index in [1.54, 1.807) is 12.7 Å². The predicted octanol–water partition coefficient (Wildman–Crippen LogP) is 2.75. The molecule has 0 aliphatic carbocycles. The van der Waals surface area contributed by atoms with Crippen LogP contribution >= 0.6 is 24.0 Å². The van der Waals surface area contributed by atoms with Gasteiger partial charge in [0, 0.05) is 39.3 Å². The Balaban J connectivity index is 0.00000363. The van der Waals surface area contributed by atoms with Gasteiger partial charge in [0.2, 0.25) is 0 Å². The van der Waals surface area contributed by atoms with Gasteiger partial charge in [-0.15, -0.1) is 24.0 Å². The number of hydrogen-bond donors (Lipinski definition) is 2. The Labute approximate surface area is 209 Å². The van der Waals surface area contributed by atoms with Crippen molar-refractivity contribution in [3.05, 3.63) is 48.0 Å². The molecule has 8 nitrogen and oxygen atoms in total. The fourth-order valence-corrected chi connectivity index (χ4v) is 4.28. The molecular weight excluding hydrogens is 517 g/mol. The number of halogens is 1. The second kappa shape index (κ2) is 14.4. The summed E-state index contributed by atoms with van der Waals surface area (Å²) in [6, 6.07) is 9.01. The SMILES string of the molecule is CCC(CC)C(CNC(=NC)NCc1cccc(Cn2cncn2)c1)N1CCOCC1.I. The van der Waals surface area contributed by atoms with Crippen molar-refractivity contribution in [1.29, 1.82) is 0 Å². The van der Waals surface area contributed by atoms with Crippen LogP contribution in [0.25, 0.3) is 0 Å². The molecule has 1 atom stereocenters. The quantitative estimate of drug-likeness (QED) is 0.267. The molecular formula is C23H38IN7O. The van der Waals surface area contributed by atoms with Gasteiger partial charge in [-0.25, -0.2) is 9.67 Å². The molecule has 2 N–H and O–H groups in total. The highest BCUT2D eigenvalue weighted by molar-refractivity contribution is 14.0. The third-order valence-corrected chi connectivity index (χ3v) is 6.07. The first-order valence-electron chi connectivity index (χ1n) is 11.4. The number of benzene rings is 1. The van der Waals surface area contributed by atoms with E-state index >= 15 is 0 Å². The van der Waals surface area contributed by atoms with E-state index in [1.807, 2.05) is 11.7 Å². The van der Waals surface area contributed by atoms with E-state index in [0.29, 0.717) is 12.0 Å². The fraction of sp³-hybridized carbons (Fsp3) is 0.609. The molecule has 1 unspecified atom stereocenters. The molecule has 0 saturated carbocycles. The van der Waals surface area contributed by atoms with Crippen LogP contribution in [0.5, 0.6) is 0 Å². The van der Waals surface area contributed by atoms with Crippen molar-refractivity contribution in [3.63, 3.8) is 0 Å². The van der Waals surface area contributed by atoms with Gasteiger partial charge in [0.25, 0.3) is 0 Å². The standard InChI is InChI=1S/C23H37N7O.HI/c1-4-21(5-2)22(29-9-11-31-12-10-29)15-27-23(24-3)26-14-19-7-6-8-20(13-19)16-30-18-25-17-28-30;/h6-8,13,17-18,21-22H,4-5,9-12,14-16H2,1-3H3,(H2,24,26,27);1H. The van der Waals surface area contributed by atoms with E-state index in [9.17, 15) is 0 Å². The van der Waals surface area contributed by atoms with Crippen molar-refractivity contribution in [2.45, 2.75) is 45.8 Å². The molecule has 1 aliphatic rings. The topological polar surface area (TPSA) is 79.6 Å². The zero-order valence-electron chi connectivity index (χ0n) is 19.5. The predicted molar refractivity (Wildman–Crippen MR) is 139 cm³/mol. The van der Waals surface area contributed by atoms with Crippen molar-refractivity contribution in [2.75, 3.05) is 39.9 Å². The van der Waals surface area contributed by atoms with Gasteiger partial charge in [0.1, 0.15) is 12.7 Å². The molecule has 0 spiro atoms. The molecule has 1 fully saturated rings. The van der Waals surface area contributed by atoms with Crippen molar-refractivity contribution >= 4 is 29.9 Å². The first-order valence-corrected chi connectivity index (χ1v) is 11.4. The molecule has 1 aromatic heterocycles. The average molecular weight is 556 g/mol. The lowest BCUT2D eigenvalue weighted by Gasteiger charge is -2.39. The van der Waals surface area contributed by atoms with Crippen molar-refractivity contribution in [2.24, 2.45) is 10.9 Å². The Hall–Kier alpha value is -1.72. The highest BCUT2D eigenvalue weighted by Crippen LogP contribution is 2.19. The van der Waals surface area contributed by atoms with Crippen LogP contribution < -0.4 is 10.6 Å². The number of rotatable bonds is 10. The summed E-state index contributed by atoms with van der Waals surface area (Å²) in [4.78, 5) is 11.0. The molecule has 0 bridgehead atoms. The van der Waals surface area contributed by atoms with Crippen LogP contribution in [0.4, 0.5) is 0 Å². The normalized spacial score (nSPS) is 15.9. The summed E-state index contributed by atoms with van der Waals surface area (Å²) in [6.07, 6.45) is 5.67. The summed E-state index contributed by atoms with van der Waals surface area (Å²) in [5, 5.41) is 11.2. The van der Waals surface area contributed by atoms with Crippen LogP contribution in [-0.2, 0) is 17.8 Å². The van der Waals surface area contributed by atoms with Gasteiger partial charge in [0.15, 0.2) is 5.96 Å². The zero-order chi connectivity index (χ0) is 21.9. The molecule has 0 amide bonds. The van der Waals surface area contributed by atoms with E-state index < -0.39 is 0 Å². The van der Waals surface area contributed by atoms with Gasteiger partial charge in [-0.2, -0.15) is 5.10 Å². The highest BCUT2D eigenvalue weighted by Gasteiger charge is 2.27. The van der Waals surface area contributed by atoms with Crippen molar-refractivity contribution < 1.29 is 4.74 Å². The van der Waals surface area contributed by atoms with Crippen LogP contribution in [0.15, 0.2) is 41.9 Å². The molecule has 2 heterocycles. The average Bonchev–Trinajstić information content (AvgIpc) is 3.32. The summed E-state index contributed by atoms with van der Waals surface area (Å²) in [7, 11) is 1.83. The lowest BCUT2D eigenvalue weighted by molar-refractivity contribution is 0.00272. The minimum Gasteiger partial charge on any atom is -0.379 e. The molecule has 1 aliphatic heterocycles. The molecule has 1 aromatic carbocycles. The second-order valence-electron chi connectivity index (χ2n) is 8.01. The minimum absolute atomic E-state index is 0. The van der Waals surface area contributed by atoms with Gasteiger partial charge >= 0.3 is 0 Å². The molecule has 1 saturated heterocycles. The number of guanidine groups is 1. The van der Waals surface area contributed by atoms with Gasteiger partial charge in [-0.3, -0.25) is 9.89 Å². The maximum atomic E-state index is 5.57. The Morgan fingerprint density at radius 2 is 1.91 bits per heavy atom. The summed E-state index contributed by atoms with van der Waals surface area (Å²) < 4.78 is 7.40. The zero-order valence-corrected chi connectivity index (χ0v) is 21.9. The number of nitrogens with zero attached hydrogens (tertiary/aromatic N) is 5. The molecule has 0 radical (unpaired) electrons. The molecule has 2 aromatic rings. The lowest BCUT2D eigenvalue weighted by atomic mass is 9.92. The molecule has 3 rings (SSSR count). The Morgan fingerprint density at radius 1 is 1.16 bits per heavy atom. The van der Waals surface area contributed by atoms with Crippen LogP contribution in [-0.4, -0.2) is 71.6 Å². The summed E-state index contributed by atoms with van der Waals surface area (Å²) in [5.74, 6) is 1.50. The van der Waals surface area contributed by atoms with Gasteiger partial charge < -0.3 is 15.4 Å². The van der Waals surface area contributed by atoms with Crippen LogP contribution in [0.1, 0.15) is 37.8 Å². The number of aliphatic imine (C=N–C) groups is 1. The first kappa shape index (κ1) is 26.5.